The maximum Gasteiger partial charge on any atom is 0.143 e. The van der Waals surface area contributed by atoms with Gasteiger partial charge in [-0.1, -0.05) is 5.16 Å². The van der Waals surface area contributed by atoms with Gasteiger partial charge in [-0.15, -0.1) is 0 Å². The molecule has 0 saturated carbocycles. The average Bonchev–Trinajstić information content (AvgIpc) is 2.71. The number of nitrogen functional groups attached to an aromatic ring is 1. The zero-order valence-electron chi connectivity index (χ0n) is 10.6. The monoisotopic (exact) mass is 310 g/mol. The van der Waals surface area contributed by atoms with Crippen LogP contribution in [0.15, 0.2) is 21.3 Å². The van der Waals surface area contributed by atoms with Crippen LogP contribution in [-0.4, -0.2) is 17.2 Å². The Kier molecular flexibility index (Phi) is 3.56. The van der Waals surface area contributed by atoms with Crippen molar-refractivity contribution in [3.8, 4) is 0 Å². The van der Waals surface area contributed by atoms with Crippen molar-refractivity contribution in [1.29, 1.82) is 0 Å². The summed E-state index contributed by atoms with van der Waals surface area (Å²) in [7, 11) is 1.95. The number of aromatic nitrogens is 2. The Labute approximate surface area is 114 Å². The van der Waals surface area contributed by atoms with Gasteiger partial charge in [0.25, 0.3) is 0 Å². The molecule has 2 N–H and O–H groups in total. The molecular weight excluding hydrogens is 296 g/mol. The lowest BCUT2D eigenvalue weighted by Gasteiger charge is -2.19. The lowest BCUT2D eigenvalue weighted by atomic mass is 10.2. The van der Waals surface area contributed by atoms with Crippen LogP contribution in [0.25, 0.3) is 0 Å². The molecule has 2 rings (SSSR count). The highest BCUT2D eigenvalue weighted by Crippen LogP contribution is 2.30. The molecule has 96 valence electrons. The fourth-order valence-corrected chi connectivity index (χ4v) is 2.29. The van der Waals surface area contributed by atoms with Crippen molar-refractivity contribution in [2.75, 3.05) is 17.7 Å². The molecule has 0 aliphatic heterocycles. The molecule has 0 atom stereocenters. The SMILES string of the molecule is Cc1cc(CN(C)c2ncc(N)c(C)c2Br)no1. The molecule has 0 aliphatic rings. The lowest BCUT2D eigenvalue weighted by molar-refractivity contribution is 0.390. The van der Waals surface area contributed by atoms with E-state index in [0.717, 1.165) is 27.3 Å². The quantitative estimate of drug-likeness (QED) is 0.944. The van der Waals surface area contributed by atoms with Crippen LogP contribution >= 0.6 is 15.9 Å². The van der Waals surface area contributed by atoms with Crippen LogP contribution in [0.5, 0.6) is 0 Å². The molecule has 2 aromatic rings. The van der Waals surface area contributed by atoms with Gasteiger partial charge in [-0.25, -0.2) is 4.98 Å². The number of hydrogen-bond donors (Lipinski definition) is 1. The van der Waals surface area contributed by atoms with Gasteiger partial charge in [-0.2, -0.15) is 0 Å². The summed E-state index contributed by atoms with van der Waals surface area (Å²) in [5, 5.41) is 3.97. The summed E-state index contributed by atoms with van der Waals surface area (Å²) in [5.74, 6) is 1.64. The summed E-state index contributed by atoms with van der Waals surface area (Å²) in [5.41, 5.74) is 8.35. The van der Waals surface area contributed by atoms with Crippen molar-refractivity contribution in [3.05, 3.63) is 33.8 Å². The Balaban J connectivity index is 2.24. The minimum absolute atomic E-state index is 0.631. The molecule has 2 heterocycles. The van der Waals surface area contributed by atoms with E-state index < -0.39 is 0 Å². The first kappa shape index (κ1) is 12.9. The van der Waals surface area contributed by atoms with Crippen molar-refractivity contribution in [3.63, 3.8) is 0 Å². The van der Waals surface area contributed by atoms with Gasteiger partial charge in [-0.3, -0.25) is 0 Å². The van der Waals surface area contributed by atoms with E-state index in [2.05, 4.69) is 26.1 Å². The van der Waals surface area contributed by atoms with Crippen LogP contribution < -0.4 is 10.6 Å². The van der Waals surface area contributed by atoms with Gasteiger partial charge in [0.05, 0.1) is 22.9 Å². The highest BCUT2D eigenvalue weighted by molar-refractivity contribution is 9.10. The first-order chi connectivity index (χ1) is 8.49. The van der Waals surface area contributed by atoms with Gasteiger partial charge in [-0.05, 0) is 35.3 Å². The van der Waals surface area contributed by atoms with E-state index >= 15 is 0 Å². The number of pyridine rings is 1. The van der Waals surface area contributed by atoms with Crippen molar-refractivity contribution < 1.29 is 4.52 Å². The molecule has 0 spiro atoms. The zero-order chi connectivity index (χ0) is 13.3. The number of aryl methyl sites for hydroxylation is 1. The van der Waals surface area contributed by atoms with Crippen LogP contribution in [0.2, 0.25) is 0 Å². The van der Waals surface area contributed by atoms with Crippen LogP contribution in [0.4, 0.5) is 11.5 Å². The second kappa shape index (κ2) is 4.97. The van der Waals surface area contributed by atoms with Crippen LogP contribution in [0, 0.1) is 13.8 Å². The Morgan fingerprint density at radius 3 is 2.78 bits per heavy atom. The van der Waals surface area contributed by atoms with Crippen LogP contribution in [0.1, 0.15) is 17.0 Å². The predicted octanol–water partition coefficient (Wildman–Crippen LogP) is 2.67. The molecule has 0 bridgehead atoms. The molecule has 5 nitrogen and oxygen atoms in total. The van der Waals surface area contributed by atoms with E-state index in [4.69, 9.17) is 10.3 Å². The van der Waals surface area contributed by atoms with Gasteiger partial charge in [0.2, 0.25) is 0 Å². The summed E-state index contributed by atoms with van der Waals surface area (Å²) < 4.78 is 5.95. The minimum atomic E-state index is 0.631. The summed E-state index contributed by atoms with van der Waals surface area (Å²) in [6.45, 7) is 4.46. The average molecular weight is 311 g/mol. The number of nitrogens with zero attached hydrogens (tertiary/aromatic N) is 3. The smallest absolute Gasteiger partial charge is 0.143 e. The number of nitrogens with two attached hydrogens (primary N) is 1. The molecule has 0 amide bonds. The molecule has 0 aromatic carbocycles. The Hall–Kier alpha value is -1.56. The van der Waals surface area contributed by atoms with Gasteiger partial charge in [0, 0.05) is 13.1 Å². The minimum Gasteiger partial charge on any atom is -0.397 e. The van der Waals surface area contributed by atoms with Crippen LogP contribution in [-0.2, 0) is 6.54 Å². The second-order valence-electron chi connectivity index (χ2n) is 4.26. The topological polar surface area (TPSA) is 68.2 Å². The third-order valence-electron chi connectivity index (χ3n) is 2.72. The molecular formula is C12H15BrN4O. The maximum atomic E-state index is 5.81. The Bertz CT molecular complexity index is 567. The molecule has 0 aliphatic carbocycles. The summed E-state index contributed by atoms with van der Waals surface area (Å²) in [6.07, 6.45) is 1.67. The molecule has 0 saturated heterocycles. The molecule has 0 radical (unpaired) electrons. The fourth-order valence-electron chi connectivity index (χ4n) is 1.66. The highest BCUT2D eigenvalue weighted by atomic mass is 79.9. The lowest BCUT2D eigenvalue weighted by Crippen LogP contribution is -2.19. The van der Waals surface area contributed by atoms with Crippen molar-refractivity contribution in [1.82, 2.24) is 10.1 Å². The summed E-state index contributed by atoms with van der Waals surface area (Å²) in [4.78, 5) is 6.33. The normalized spacial score (nSPS) is 10.7. The van der Waals surface area contributed by atoms with Crippen LogP contribution in [0.3, 0.4) is 0 Å². The van der Waals surface area contributed by atoms with E-state index in [9.17, 15) is 0 Å². The first-order valence-electron chi connectivity index (χ1n) is 5.53. The maximum absolute atomic E-state index is 5.81. The van der Waals surface area contributed by atoms with Gasteiger partial charge in [0.15, 0.2) is 0 Å². The van der Waals surface area contributed by atoms with Crippen molar-refractivity contribution in [2.45, 2.75) is 20.4 Å². The van der Waals surface area contributed by atoms with E-state index in [1.807, 2.05) is 31.9 Å². The Morgan fingerprint density at radius 2 is 2.17 bits per heavy atom. The first-order valence-corrected chi connectivity index (χ1v) is 6.32. The third-order valence-corrected chi connectivity index (χ3v) is 3.67. The van der Waals surface area contributed by atoms with Crippen molar-refractivity contribution in [2.24, 2.45) is 0 Å². The largest absolute Gasteiger partial charge is 0.397 e. The van der Waals surface area contributed by atoms with Gasteiger partial charge in [0.1, 0.15) is 17.3 Å². The number of halogens is 1. The Morgan fingerprint density at radius 1 is 1.44 bits per heavy atom. The van der Waals surface area contributed by atoms with E-state index in [1.165, 1.54) is 0 Å². The van der Waals surface area contributed by atoms with E-state index in [1.54, 1.807) is 6.20 Å². The number of hydrogen-bond acceptors (Lipinski definition) is 5. The molecule has 0 unspecified atom stereocenters. The fraction of sp³-hybridized carbons (Fsp3) is 0.333. The third kappa shape index (κ3) is 2.48. The highest BCUT2D eigenvalue weighted by Gasteiger charge is 2.13. The number of anilines is 2. The van der Waals surface area contributed by atoms with E-state index in [0.29, 0.717) is 12.2 Å². The van der Waals surface area contributed by atoms with Gasteiger partial charge >= 0.3 is 0 Å². The molecule has 0 fully saturated rings. The van der Waals surface area contributed by atoms with E-state index in [-0.39, 0.29) is 0 Å². The summed E-state index contributed by atoms with van der Waals surface area (Å²) in [6, 6.07) is 1.91. The standard InChI is InChI=1S/C12H15BrN4O/c1-7-4-9(16-18-7)6-17(3)12-11(13)8(2)10(14)5-15-12/h4-5H,6,14H2,1-3H3. The molecule has 2 aromatic heterocycles. The van der Waals surface area contributed by atoms with Gasteiger partial charge < -0.3 is 15.2 Å². The second-order valence-corrected chi connectivity index (χ2v) is 5.05. The predicted molar refractivity (Wildman–Crippen MR) is 74.4 cm³/mol. The number of rotatable bonds is 3. The molecule has 6 heteroatoms. The summed E-state index contributed by atoms with van der Waals surface area (Å²) >= 11 is 3.52. The van der Waals surface area contributed by atoms with Crippen molar-refractivity contribution >= 4 is 27.4 Å². The molecule has 18 heavy (non-hydrogen) atoms. The zero-order valence-corrected chi connectivity index (χ0v) is 12.2.